The van der Waals surface area contributed by atoms with Crippen LogP contribution in [0.3, 0.4) is 0 Å². The van der Waals surface area contributed by atoms with Crippen molar-refractivity contribution in [3.63, 3.8) is 0 Å². The summed E-state index contributed by atoms with van der Waals surface area (Å²) in [4.78, 5) is 11.7. The lowest BCUT2D eigenvalue weighted by Gasteiger charge is -2.10. The minimum Gasteiger partial charge on any atom is -0.490 e. The molecule has 1 amide bonds. The van der Waals surface area contributed by atoms with Gasteiger partial charge in [-0.05, 0) is 24.3 Å². The maximum atomic E-state index is 13.4. The first-order valence-corrected chi connectivity index (χ1v) is 6.94. The molecule has 0 saturated heterocycles. The molecule has 0 saturated carbocycles. The molecule has 0 aliphatic rings. The summed E-state index contributed by atoms with van der Waals surface area (Å²) in [5.41, 5.74) is -0.00159. The van der Waals surface area contributed by atoms with Crippen LogP contribution in [0, 0.1) is 5.82 Å². The van der Waals surface area contributed by atoms with E-state index >= 15 is 0 Å². The van der Waals surface area contributed by atoms with E-state index in [0.717, 1.165) is 0 Å². The molecule has 6 heteroatoms. The SMILES string of the molecule is O=C(NCCOc1cccc(Cl)c1Cl)c1ccccc1F. The third-order valence-electron chi connectivity index (χ3n) is 2.68. The Morgan fingerprint density at radius 2 is 1.90 bits per heavy atom. The Morgan fingerprint density at radius 1 is 1.14 bits per heavy atom. The quantitative estimate of drug-likeness (QED) is 0.844. The Kier molecular flexibility index (Phi) is 5.42. The van der Waals surface area contributed by atoms with Gasteiger partial charge in [0.2, 0.25) is 0 Å². The van der Waals surface area contributed by atoms with Crippen molar-refractivity contribution < 1.29 is 13.9 Å². The first kappa shape index (κ1) is 15.6. The van der Waals surface area contributed by atoms with Crippen LogP contribution in [0.2, 0.25) is 10.0 Å². The van der Waals surface area contributed by atoms with Crippen LogP contribution in [-0.4, -0.2) is 19.1 Å². The molecule has 1 N–H and O–H groups in total. The molecule has 21 heavy (non-hydrogen) atoms. The van der Waals surface area contributed by atoms with E-state index in [1.54, 1.807) is 24.3 Å². The van der Waals surface area contributed by atoms with Gasteiger partial charge in [-0.3, -0.25) is 4.79 Å². The number of carbonyl (C=O) groups excluding carboxylic acids is 1. The molecule has 0 heterocycles. The molecule has 0 unspecified atom stereocenters. The summed E-state index contributed by atoms with van der Waals surface area (Å²) >= 11 is 11.8. The summed E-state index contributed by atoms with van der Waals surface area (Å²) in [6.45, 7) is 0.413. The van der Waals surface area contributed by atoms with Crippen molar-refractivity contribution in [1.82, 2.24) is 5.32 Å². The van der Waals surface area contributed by atoms with E-state index in [9.17, 15) is 9.18 Å². The number of amides is 1. The second-order valence-corrected chi connectivity index (χ2v) is 4.92. The average molecular weight is 328 g/mol. The predicted molar refractivity (Wildman–Crippen MR) is 80.7 cm³/mol. The van der Waals surface area contributed by atoms with E-state index < -0.39 is 11.7 Å². The van der Waals surface area contributed by atoms with Crippen molar-refractivity contribution in [1.29, 1.82) is 0 Å². The van der Waals surface area contributed by atoms with E-state index in [0.29, 0.717) is 15.8 Å². The second-order valence-electron chi connectivity index (χ2n) is 4.14. The Hall–Kier alpha value is -1.78. The standard InChI is InChI=1S/C15H12Cl2FNO2/c16-11-5-3-7-13(14(11)17)21-9-8-19-15(20)10-4-1-2-6-12(10)18/h1-7H,8-9H2,(H,19,20). The van der Waals surface area contributed by atoms with Gasteiger partial charge in [0, 0.05) is 0 Å². The Morgan fingerprint density at radius 3 is 2.67 bits per heavy atom. The number of nitrogens with one attached hydrogen (secondary N) is 1. The summed E-state index contributed by atoms with van der Waals surface area (Å²) in [7, 11) is 0. The molecule has 110 valence electrons. The lowest BCUT2D eigenvalue weighted by Crippen LogP contribution is -2.28. The van der Waals surface area contributed by atoms with E-state index in [4.69, 9.17) is 27.9 Å². The van der Waals surface area contributed by atoms with Gasteiger partial charge in [-0.2, -0.15) is 0 Å². The van der Waals surface area contributed by atoms with Crippen molar-refractivity contribution in [3.05, 3.63) is 63.9 Å². The fraction of sp³-hybridized carbons (Fsp3) is 0.133. The maximum absolute atomic E-state index is 13.4. The monoisotopic (exact) mass is 327 g/mol. The van der Waals surface area contributed by atoms with Gasteiger partial charge >= 0.3 is 0 Å². The predicted octanol–water partition coefficient (Wildman–Crippen LogP) is 3.94. The smallest absolute Gasteiger partial charge is 0.254 e. The number of hydrogen-bond donors (Lipinski definition) is 1. The van der Waals surface area contributed by atoms with Crippen molar-refractivity contribution in [2.45, 2.75) is 0 Å². The zero-order valence-corrected chi connectivity index (χ0v) is 12.4. The van der Waals surface area contributed by atoms with Gasteiger partial charge in [0.05, 0.1) is 17.1 Å². The summed E-state index contributed by atoms with van der Waals surface area (Å²) in [6.07, 6.45) is 0. The largest absolute Gasteiger partial charge is 0.490 e. The Labute approximate surface area is 131 Å². The minimum absolute atomic E-state index is 0.00159. The van der Waals surface area contributed by atoms with Gasteiger partial charge in [-0.15, -0.1) is 0 Å². The fourth-order valence-electron chi connectivity index (χ4n) is 1.66. The van der Waals surface area contributed by atoms with Crippen LogP contribution < -0.4 is 10.1 Å². The van der Waals surface area contributed by atoms with Gasteiger partial charge in [0.1, 0.15) is 23.2 Å². The third kappa shape index (κ3) is 4.09. The number of rotatable bonds is 5. The molecular formula is C15H12Cl2FNO2. The van der Waals surface area contributed by atoms with Crippen LogP contribution in [0.4, 0.5) is 4.39 Å². The number of hydrogen-bond acceptors (Lipinski definition) is 2. The van der Waals surface area contributed by atoms with E-state index in [-0.39, 0.29) is 18.7 Å². The molecule has 0 radical (unpaired) electrons. The Bertz CT molecular complexity index is 649. The van der Waals surface area contributed by atoms with Crippen LogP contribution in [0.5, 0.6) is 5.75 Å². The number of halogens is 3. The fourth-order valence-corrected chi connectivity index (χ4v) is 2.01. The molecule has 2 rings (SSSR count). The highest BCUT2D eigenvalue weighted by Crippen LogP contribution is 2.31. The molecule has 0 aliphatic carbocycles. The lowest BCUT2D eigenvalue weighted by molar-refractivity contribution is 0.0943. The summed E-state index contributed by atoms with van der Waals surface area (Å²) in [5.74, 6) is -0.619. The van der Waals surface area contributed by atoms with Gasteiger partial charge in [0.15, 0.2) is 0 Å². The first-order chi connectivity index (χ1) is 10.1. The first-order valence-electron chi connectivity index (χ1n) is 6.19. The molecule has 0 spiro atoms. The van der Waals surface area contributed by atoms with Gasteiger partial charge in [0.25, 0.3) is 5.91 Å². The topological polar surface area (TPSA) is 38.3 Å². The highest BCUT2D eigenvalue weighted by atomic mass is 35.5. The van der Waals surface area contributed by atoms with Crippen molar-refractivity contribution in [2.24, 2.45) is 0 Å². The summed E-state index contributed by atoms with van der Waals surface area (Å²) in [6, 6.07) is 10.8. The van der Waals surface area contributed by atoms with Gasteiger partial charge in [-0.25, -0.2) is 4.39 Å². The Balaban J connectivity index is 1.84. The molecule has 2 aromatic carbocycles. The summed E-state index contributed by atoms with van der Waals surface area (Å²) in [5, 5.41) is 3.28. The van der Waals surface area contributed by atoms with E-state index in [2.05, 4.69) is 5.32 Å². The molecule has 0 aliphatic heterocycles. The van der Waals surface area contributed by atoms with Gasteiger partial charge in [-0.1, -0.05) is 41.4 Å². The maximum Gasteiger partial charge on any atom is 0.254 e. The second kappa shape index (κ2) is 7.29. The zero-order valence-electron chi connectivity index (χ0n) is 10.9. The molecular weight excluding hydrogens is 316 g/mol. The van der Waals surface area contributed by atoms with Crippen LogP contribution in [0.15, 0.2) is 42.5 Å². The molecule has 0 fully saturated rings. The van der Waals surface area contributed by atoms with Crippen molar-refractivity contribution in [2.75, 3.05) is 13.2 Å². The normalized spacial score (nSPS) is 10.2. The molecule has 3 nitrogen and oxygen atoms in total. The highest BCUT2D eigenvalue weighted by molar-refractivity contribution is 6.42. The molecule has 2 aromatic rings. The number of ether oxygens (including phenoxy) is 1. The van der Waals surface area contributed by atoms with Crippen LogP contribution in [0.1, 0.15) is 10.4 Å². The molecule has 0 atom stereocenters. The zero-order chi connectivity index (χ0) is 15.2. The highest BCUT2D eigenvalue weighted by Gasteiger charge is 2.10. The van der Waals surface area contributed by atoms with E-state index in [1.807, 2.05) is 0 Å². The van der Waals surface area contributed by atoms with Crippen LogP contribution in [0.25, 0.3) is 0 Å². The summed E-state index contributed by atoms with van der Waals surface area (Å²) < 4.78 is 18.8. The third-order valence-corrected chi connectivity index (χ3v) is 3.48. The van der Waals surface area contributed by atoms with Crippen LogP contribution in [-0.2, 0) is 0 Å². The van der Waals surface area contributed by atoms with Gasteiger partial charge < -0.3 is 10.1 Å². The average Bonchev–Trinajstić information content (AvgIpc) is 2.48. The van der Waals surface area contributed by atoms with E-state index in [1.165, 1.54) is 18.2 Å². The molecule has 0 aromatic heterocycles. The minimum atomic E-state index is -0.561. The van der Waals surface area contributed by atoms with Crippen LogP contribution >= 0.6 is 23.2 Å². The molecule has 0 bridgehead atoms. The number of carbonyl (C=O) groups is 1. The van der Waals surface area contributed by atoms with Crippen molar-refractivity contribution in [3.8, 4) is 5.75 Å². The van der Waals surface area contributed by atoms with Crippen molar-refractivity contribution >= 4 is 29.1 Å². The number of benzene rings is 2. The lowest BCUT2D eigenvalue weighted by atomic mass is 10.2.